The standard InChI is InChI=1S/C15H22ClN3O2/c1-10-7-15(19(20)21)13(16)8-14(10)17-11(2)12-5-4-6-18(3)9-12/h7-8,11-12,17H,4-6,9H2,1-3H3. The van der Waals surface area contributed by atoms with E-state index in [2.05, 4.69) is 24.2 Å². The van der Waals surface area contributed by atoms with Crippen molar-refractivity contribution >= 4 is 23.0 Å². The number of halogens is 1. The Morgan fingerprint density at radius 3 is 2.86 bits per heavy atom. The van der Waals surface area contributed by atoms with Crippen molar-refractivity contribution in [2.75, 3.05) is 25.5 Å². The molecule has 2 atom stereocenters. The number of aryl methyl sites for hydroxylation is 1. The fraction of sp³-hybridized carbons (Fsp3) is 0.600. The second-order valence-electron chi connectivity index (χ2n) is 5.97. The average molecular weight is 312 g/mol. The van der Waals surface area contributed by atoms with Crippen LogP contribution in [0.1, 0.15) is 25.3 Å². The molecule has 1 heterocycles. The number of piperidine rings is 1. The second-order valence-corrected chi connectivity index (χ2v) is 6.38. The molecule has 0 saturated carbocycles. The number of hydrogen-bond donors (Lipinski definition) is 1. The van der Waals surface area contributed by atoms with Gasteiger partial charge in [0.2, 0.25) is 0 Å². The van der Waals surface area contributed by atoms with Crippen LogP contribution in [0.2, 0.25) is 5.02 Å². The molecule has 0 aromatic heterocycles. The van der Waals surface area contributed by atoms with Gasteiger partial charge in [0.25, 0.3) is 5.69 Å². The van der Waals surface area contributed by atoms with Crippen molar-refractivity contribution in [2.24, 2.45) is 5.92 Å². The van der Waals surface area contributed by atoms with Crippen LogP contribution in [0.3, 0.4) is 0 Å². The van der Waals surface area contributed by atoms with Crippen LogP contribution in [0.5, 0.6) is 0 Å². The Hall–Kier alpha value is -1.33. The van der Waals surface area contributed by atoms with Crippen molar-refractivity contribution in [3.8, 4) is 0 Å². The van der Waals surface area contributed by atoms with Gasteiger partial charge in [0.15, 0.2) is 0 Å². The molecule has 1 saturated heterocycles. The highest BCUT2D eigenvalue weighted by Gasteiger charge is 2.24. The Balaban J connectivity index is 2.12. The lowest BCUT2D eigenvalue weighted by atomic mass is 9.91. The van der Waals surface area contributed by atoms with E-state index < -0.39 is 4.92 Å². The lowest BCUT2D eigenvalue weighted by Crippen LogP contribution is -2.39. The van der Waals surface area contributed by atoms with Crippen LogP contribution in [0.25, 0.3) is 0 Å². The van der Waals surface area contributed by atoms with E-state index in [-0.39, 0.29) is 10.7 Å². The van der Waals surface area contributed by atoms with Gasteiger partial charge in [0.1, 0.15) is 5.02 Å². The molecule has 0 spiro atoms. The van der Waals surface area contributed by atoms with E-state index in [1.807, 2.05) is 6.92 Å². The second kappa shape index (κ2) is 6.62. The molecule has 0 bridgehead atoms. The van der Waals surface area contributed by atoms with Crippen LogP contribution in [0.4, 0.5) is 11.4 Å². The monoisotopic (exact) mass is 311 g/mol. The topological polar surface area (TPSA) is 58.4 Å². The number of rotatable bonds is 4. The largest absolute Gasteiger partial charge is 0.382 e. The van der Waals surface area contributed by atoms with E-state index >= 15 is 0 Å². The number of hydrogen-bond acceptors (Lipinski definition) is 4. The third kappa shape index (κ3) is 3.86. The first kappa shape index (κ1) is 16.0. The zero-order chi connectivity index (χ0) is 15.6. The highest BCUT2D eigenvalue weighted by Crippen LogP contribution is 2.32. The van der Waals surface area contributed by atoms with E-state index in [0.29, 0.717) is 12.0 Å². The lowest BCUT2D eigenvalue weighted by Gasteiger charge is -2.34. The van der Waals surface area contributed by atoms with Crippen LogP contribution >= 0.6 is 11.6 Å². The summed E-state index contributed by atoms with van der Waals surface area (Å²) in [5.41, 5.74) is 1.69. The fourth-order valence-electron chi connectivity index (χ4n) is 2.94. The summed E-state index contributed by atoms with van der Waals surface area (Å²) in [5.74, 6) is 0.581. The summed E-state index contributed by atoms with van der Waals surface area (Å²) in [7, 11) is 2.15. The molecule has 1 aliphatic heterocycles. The molecule has 1 aromatic carbocycles. The SMILES string of the molecule is Cc1cc([N+](=O)[O-])c(Cl)cc1NC(C)C1CCCN(C)C1. The normalized spacial score (nSPS) is 21.0. The molecule has 0 aliphatic carbocycles. The molecule has 2 unspecified atom stereocenters. The number of benzene rings is 1. The van der Waals surface area contributed by atoms with Crippen molar-refractivity contribution < 1.29 is 4.92 Å². The predicted octanol–water partition coefficient (Wildman–Crippen LogP) is 3.70. The molecule has 0 radical (unpaired) electrons. The molecule has 5 nitrogen and oxygen atoms in total. The minimum absolute atomic E-state index is 0.0373. The maximum atomic E-state index is 10.9. The van der Waals surface area contributed by atoms with Gasteiger partial charge >= 0.3 is 0 Å². The molecule has 6 heteroatoms. The molecule has 116 valence electrons. The first-order valence-corrected chi connectivity index (χ1v) is 7.66. The van der Waals surface area contributed by atoms with Gasteiger partial charge in [-0.3, -0.25) is 10.1 Å². The van der Waals surface area contributed by atoms with E-state index in [9.17, 15) is 10.1 Å². The Labute approximate surface area is 130 Å². The van der Waals surface area contributed by atoms with E-state index in [1.165, 1.54) is 18.9 Å². The lowest BCUT2D eigenvalue weighted by molar-refractivity contribution is -0.384. The molecular weight excluding hydrogens is 290 g/mol. The molecule has 21 heavy (non-hydrogen) atoms. The summed E-state index contributed by atoms with van der Waals surface area (Å²) >= 11 is 6.00. The first-order valence-electron chi connectivity index (χ1n) is 7.28. The highest BCUT2D eigenvalue weighted by molar-refractivity contribution is 6.33. The molecular formula is C15H22ClN3O2. The van der Waals surface area contributed by atoms with E-state index in [1.54, 1.807) is 6.07 Å². The Morgan fingerprint density at radius 2 is 2.24 bits per heavy atom. The number of nitrogens with one attached hydrogen (secondary N) is 1. The highest BCUT2D eigenvalue weighted by atomic mass is 35.5. The van der Waals surface area contributed by atoms with Crippen molar-refractivity contribution in [3.05, 3.63) is 32.8 Å². The smallest absolute Gasteiger partial charge is 0.288 e. The van der Waals surface area contributed by atoms with Gasteiger partial charge in [0.05, 0.1) is 4.92 Å². The van der Waals surface area contributed by atoms with Gasteiger partial charge in [-0.05, 0) is 57.8 Å². The van der Waals surface area contributed by atoms with Crippen LogP contribution in [0, 0.1) is 23.0 Å². The van der Waals surface area contributed by atoms with Crippen LogP contribution in [0.15, 0.2) is 12.1 Å². The van der Waals surface area contributed by atoms with Crippen molar-refractivity contribution in [1.82, 2.24) is 4.90 Å². The minimum Gasteiger partial charge on any atom is -0.382 e. The average Bonchev–Trinajstić information content (AvgIpc) is 2.42. The van der Waals surface area contributed by atoms with E-state index in [0.717, 1.165) is 24.3 Å². The van der Waals surface area contributed by atoms with E-state index in [4.69, 9.17) is 11.6 Å². The third-order valence-corrected chi connectivity index (χ3v) is 4.54. The zero-order valence-corrected chi connectivity index (χ0v) is 13.5. The number of anilines is 1. The predicted molar refractivity (Wildman–Crippen MR) is 86.1 cm³/mol. The van der Waals surface area contributed by atoms with Gasteiger partial charge in [-0.1, -0.05) is 11.6 Å². The van der Waals surface area contributed by atoms with Gasteiger partial charge in [-0.2, -0.15) is 0 Å². The minimum atomic E-state index is -0.446. The summed E-state index contributed by atoms with van der Waals surface area (Å²) in [6.07, 6.45) is 2.42. The summed E-state index contributed by atoms with van der Waals surface area (Å²) in [5, 5.41) is 14.5. The molecule has 1 aromatic rings. The van der Waals surface area contributed by atoms with Gasteiger partial charge in [0, 0.05) is 24.3 Å². The van der Waals surface area contributed by atoms with Crippen LogP contribution in [-0.4, -0.2) is 36.0 Å². The number of nitro groups is 1. The number of nitro benzene ring substituents is 1. The summed E-state index contributed by atoms with van der Waals surface area (Å²) in [6, 6.07) is 3.51. The first-order chi connectivity index (χ1) is 9.88. The fourth-order valence-corrected chi connectivity index (χ4v) is 3.17. The Bertz CT molecular complexity index is 536. The van der Waals surface area contributed by atoms with Crippen molar-refractivity contribution in [3.63, 3.8) is 0 Å². The van der Waals surface area contributed by atoms with Gasteiger partial charge in [-0.15, -0.1) is 0 Å². The molecule has 1 fully saturated rings. The summed E-state index contributed by atoms with van der Waals surface area (Å²) < 4.78 is 0. The summed E-state index contributed by atoms with van der Waals surface area (Å²) in [6.45, 7) is 6.27. The third-order valence-electron chi connectivity index (χ3n) is 4.24. The number of nitrogens with zero attached hydrogens (tertiary/aromatic N) is 2. The van der Waals surface area contributed by atoms with Crippen molar-refractivity contribution in [2.45, 2.75) is 32.7 Å². The van der Waals surface area contributed by atoms with Gasteiger partial charge < -0.3 is 10.2 Å². The maximum Gasteiger partial charge on any atom is 0.288 e. The van der Waals surface area contributed by atoms with Gasteiger partial charge in [-0.25, -0.2) is 0 Å². The molecule has 1 N–H and O–H groups in total. The van der Waals surface area contributed by atoms with Crippen molar-refractivity contribution in [1.29, 1.82) is 0 Å². The quantitative estimate of drug-likeness (QED) is 0.680. The maximum absolute atomic E-state index is 10.9. The molecule has 1 aliphatic rings. The van der Waals surface area contributed by atoms with Crippen LogP contribution in [-0.2, 0) is 0 Å². The molecule has 0 amide bonds. The number of likely N-dealkylation sites (tertiary alicyclic amines) is 1. The summed E-state index contributed by atoms with van der Waals surface area (Å²) in [4.78, 5) is 12.8. The Kier molecular flexibility index (Phi) is 5.06. The zero-order valence-electron chi connectivity index (χ0n) is 12.7. The van der Waals surface area contributed by atoms with Crippen LogP contribution < -0.4 is 5.32 Å². The Morgan fingerprint density at radius 1 is 1.52 bits per heavy atom. The molecule has 2 rings (SSSR count).